The first-order chi connectivity index (χ1) is 8.25. The zero-order valence-electron chi connectivity index (χ0n) is 10.3. The second-order valence-electron chi connectivity index (χ2n) is 5.57. The molecule has 0 saturated carbocycles. The number of rotatable bonds is 2. The third kappa shape index (κ3) is 2.07. The minimum Gasteiger partial charge on any atom is -0.368 e. The van der Waals surface area contributed by atoms with E-state index in [9.17, 15) is 4.79 Å². The highest BCUT2D eigenvalue weighted by molar-refractivity contribution is 5.80. The third-order valence-corrected chi connectivity index (χ3v) is 4.66. The lowest BCUT2D eigenvalue weighted by Crippen LogP contribution is -2.66. The van der Waals surface area contributed by atoms with Crippen LogP contribution in [0, 0.1) is 5.92 Å². The Hall–Kier alpha value is -0.650. The van der Waals surface area contributed by atoms with Crippen LogP contribution in [0.4, 0.5) is 0 Å². The lowest BCUT2D eigenvalue weighted by molar-refractivity contribution is -0.127. The minimum atomic E-state index is -0.173. The van der Waals surface area contributed by atoms with Crippen molar-refractivity contribution in [1.29, 1.82) is 0 Å². The molecule has 0 radical (unpaired) electrons. The molecule has 5 nitrogen and oxygen atoms in total. The summed E-state index contributed by atoms with van der Waals surface area (Å²) >= 11 is 0. The molecule has 3 N–H and O–H groups in total. The van der Waals surface area contributed by atoms with Gasteiger partial charge in [0.1, 0.15) is 6.04 Å². The van der Waals surface area contributed by atoms with Crippen LogP contribution in [0.25, 0.3) is 0 Å². The second-order valence-corrected chi connectivity index (χ2v) is 5.57. The van der Waals surface area contributed by atoms with E-state index in [4.69, 9.17) is 5.73 Å². The van der Waals surface area contributed by atoms with Gasteiger partial charge in [0.05, 0.1) is 0 Å². The number of piperazine rings is 1. The first kappa shape index (κ1) is 11.4. The van der Waals surface area contributed by atoms with E-state index in [1.807, 2.05) is 0 Å². The average molecular weight is 238 g/mol. The largest absolute Gasteiger partial charge is 0.368 e. The molecule has 4 heterocycles. The molecular weight excluding hydrogens is 216 g/mol. The van der Waals surface area contributed by atoms with Gasteiger partial charge < -0.3 is 16.0 Å². The van der Waals surface area contributed by atoms with Gasteiger partial charge >= 0.3 is 0 Å². The molecule has 4 aliphatic rings. The number of carbonyl (C=O) groups is 1. The number of nitrogens with zero attached hydrogens (tertiary/aromatic N) is 2. The van der Waals surface area contributed by atoms with Crippen LogP contribution in [0.2, 0.25) is 0 Å². The highest BCUT2D eigenvalue weighted by atomic mass is 16.1. The Morgan fingerprint density at radius 1 is 1.24 bits per heavy atom. The van der Waals surface area contributed by atoms with Gasteiger partial charge in [0, 0.05) is 32.2 Å². The number of fused-ring (bicyclic) bond motifs is 3. The lowest BCUT2D eigenvalue weighted by atomic mass is 9.82. The fraction of sp³-hybridized carbons (Fsp3) is 0.917. The standard InChI is InChI=1S/C12H22N4O/c13-12(17)10-7-14-3-6-16(10)11-8-15-4-1-9(11)2-5-15/h9-11,14H,1-8H2,(H2,13,17). The summed E-state index contributed by atoms with van der Waals surface area (Å²) in [6.07, 6.45) is 2.58. The lowest BCUT2D eigenvalue weighted by Gasteiger charge is -2.51. The molecule has 0 aromatic heterocycles. The van der Waals surface area contributed by atoms with Crippen LogP contribution >= 0.6 is 0 Å². The van der Waals surface area contributed by atoms with E-state index in [0.717, 1.165) is 32.1 Å². The van der Waals surface area contributed by atoms with Crippen molar-refractivity contribution in [2.24, 2.45) is 11.7 Å². The van der Waals surface area contributed by atoms with Crippen molar-refractivity contribution in [3.63, 3.8) is 0 Å². The van der Waals surface area contributed by atoms with E-state index in [2.05, 4.69) is 15.1 Å². The second kappa shape index (κ2) is 4.55. The highest BCUT2D eigenvalue weighted by Gasteiger charge is 2.41. The van der Waals surface area contributed by atoms with Crippen molar-refractivity contribution in [2.45, 2.75) is 24.9 Å². The molecule has 2 atom stereocenters. The number of hydrogen-bond donors (Lipinski definition) is 2. The number of nitrogens with two attached hydrogens (primary N) is 1. The van der Waals surface area contributed by atoms with Crippen LogP contribution in [0.3, 0.4) is 0 Å². The number of carbonyl (C=O) groups excluding carboxylic acids is 1. The molecule has 4 fully saturated rings. The zero-order chi connectivity index (χ0) is 11.8. The number of amides is 1. The molecule has 0 spiro atoms. The molecule has 1 amide bonds. The van der Waals surface area contributed by atoms with Crippen LogP contribution in [0.5, 0.6) is 0 Å². The Kier molecular flexibility index (Phi) is 3.06. The van der Waals surface area contributed by atoms with Crippen molar-refractivity contribution >= 4 is 5.91 Å². The predicted octanol–water partition coefficient (Wildman–Crippen LogP) is -1.16. The monoisotopic (exact) mass is 238 g/mol. The van der Waals surface area contributed by atoms with Gasteiger partial charge in [0.15, 0.2) is 0 Å². The highest BCUT2D eigenvalue weighted by Crippen LogP contribution is 2.32. The molecular formula is C12H22N4O. The van der Waals surface area contributed by atoms with Gasteiger partial charge in [-0.3, -0.25) is 9.69 Å². The number of primary amides is 1. The summed E-state index contributed by atoms with van der Waals surface area (Å²) in [5, 5.41) is 3.27. The summed E-state index contributed by atoms with van der Waals surface area (Å²) in [6, 6.07) is 0.450. The van der Waals surface area contributed by atoms with Gasteiger partial charge in [-0.05, 0) is 31.8 Å². The molecule has 0 aliphatic carbocycles. The van der Waals surface area contributed by atoms with Crippen LogP contribution < -0.4 is 11.1 Å². The first-order valence-corrected chi connectivity index (χ1v) is 6.74. The molecule has 2 bridgehead atoms. The van der Waals surface area contributed by atoms with Crippen LogP contribution in [-0.4, -0.2) is 67.1 Å². The van der Waals surface area contributed by atoms with Gasteiger partial charge in [-0.2, -0.15) is 0 Å². The third-order valence-electron chi connectivity index (χ3n) is 4.66. The zero-order valence-corrected chi connectivity index (χ0v) is 10.3. The predicted molar refractivity (Wildman–Crippen MR) is 65.5 cm³/mol. The molecule has 96 valence electrons. The molecule has 4 saturated heterocycles. The number of hydrogen-bond acceptors (Lipinski definition) is 4. The van der Waals surface area contributed by atoms with Crippen LogP contribution in [0.1, 0.15) is 12.8 Å². The summed E-state index contributed by atoms with van der Waals surface area (Å²) in [6.45, 7) is 6.28. The van der Waals surface area contributed by atoms with Gasteiger partial charge in [0.2, 0.25) is 5.91 Å². The minimum absolute atomic E-state index is 0.103. The average Bonchev–Trinajstić information content (AvgIpc) is 2.40. The Labute approximate surface area is 102 Å². The maximum Gasteiger partial charge on any atom is 0.236 e. The number of nitrogens with one attached hydrogen (secondary N) is 1. The van der Waals surface area contributed by atoms with Crippen LogP contribution in [0.15, 0.2) is 0 Å². The Balaban J connectivity index is 1.75. The Morgan fingerprint density at radius 3 is 2.59 bits per heavy atom. The maximum absolute atomic E-state index is 11.5. The summed E-state index contributed by atoms with van der Waals surface area (Å²) in [5.41, 5.74) is 5.53. The van der Waals surface area contributed by atoms with E-state index in [1.165, 1.54) is 25.9 Å². The van der Waals surface area contributed by atoms with E-state index in [0.29, 0.717) is 6.04 Å². The first-order valence-electron chi connectivity index (χ1n) is 6.74. The van der Waals surface area contributed by atoms with E-state index >= 15 is 0 Å². The summed E-state index contributed by atoms with van der Waals surface area (Å²) < 4.78 is 0. The van der Waals surface area contributed by atoms with Crippen molar-refractivity contribution < 1.29 is 4.79 Å². The molecule has 4 rings (SSSR count). The summed E-state index contributed by atoms with van der Waals surface area (Å²) in [5.74, 6) is 0.605. The topological polar surface area (TPSA) is 61.6 Å². The normalized spacial score (nSPS) is 42.6. The fourth-order valence-electron chi connectivity index (χ4n) is 3.69. The van der Waals surface area contributed by atoms with Gasteiger partial charge in [-0.15, -0.1) is 0 Å². The van der Waals surface area contributed by atoms with Crippen molar-refractivity contribution in [3.05, 3.63) is 0 Å². The van der Waals surface area contributed by atoms with Crippen molar-refractivity contribution in [3.8, 4) is 0 Å². The molecule has 17 heavy (non-hydrogen) atoms. The molecule has 4 aliphatic heterocycles. The summed E-state index contributed by atoms with van der Waals surface area (Å²) in [7, 11) is 0. The quantitative estimate of drug-likeness (QED) is 0.637. The molecule has 5 heteroatoms. The fourth-order valence-corrected chi connectivity index (χ4v) is 3.69. The van der Waals surface area contributed by atoms with E-state index in [1.54, 1.807) is 0 Å². The SMILES string of the molecule is NC(=O)C1CNCCN1C1CN2CCC1CC2. The molecule has 0 aromatic rings. The molecule has 0 aromatic carbocycles. The van der Waals surface area contributed by atoms with E-state index in [-0.39, 0.29) is 11.9 Å². The van der Waals surface area contributed by atoms with Gasteiger partial charge in [-0.25, -0.2) is 0 Å². The van der Waals surface area contributed by atoms with Crippen molar-refractivity contribution in [1.82, 2.24) is 15.1 Å². The number of piperidine rings is 3. The van der Waals surface area contributed by atoms with Crippen molar-refractivity contribution in [2.75, 3.05) is 39.3 Å². The van der Waals surface area contributed by atoms with Gasteiger partial charge in [0.25, 0.3) is 0 Å². The summed E-state index contributed by atoms with van der Waals surface area (Å²) in [4.78, 5) is 16.4. The Morgan fingerprint density at radius 2 is 2.00 bits per heavy atom. The van der Waals surface area contributed by atoms with Crippen LogP contribution in [-0.2, 0) is 4.79 Å². The van der Waals surface area contributed by atoms with Gasteiger partial charge in [-0.1, -0.05) is 0 Å². The van der Waals surface area contributed by atoms with E-state index < -0.39 is 0 Å². The molecule has 2 unspecified atom stereocenters. The Bertz CT molecular complexity index is 301. The maximum atomic E-state index is 11.5. The smallest absolute Gasteiger partial charge is 0.236 e.